The van der Waals surface area contributed by atoms with Crippen LogP contribution in [0.3, 0.4) is 0 Å². The third kappa shape index (κ3) is 2.34. The van der Waals surface area contributed by atoms with Crippen LogP contribution in [0.25, 0.3) is 0 Å². The first-order valence-corrected chi connectivity index (χ1v) is 9.38. The van der Waals surface area contributed by atoms with Crippen molar-refractivity contribution in [3.63, 3.8) is 0 Å². The lowest BCUT2D eigenvalue weighted by atomic mass is 10.0. The van der Waals surface area contributed by atoms with Crippen molar-refractivity contribution >= 4 is 31.7 Å². The summed E-state index contributed by atoms with van der Waals surface area (Å²) >= 11 is 3.28. The van der Waals surface area contributed by atoms with Gasteiger partial charge < -0.3 is 5.11 Å². The molecule has 1 saturated carbocycles. The van der Waals surface area contributed by atoms with E-state index < -0.39 is 32.4 Å². The zero-order valence-electron chi connectivity index (χ0n) is 12.3. The molecule has 7 heteroatoms. The fourth-order valence-electron chi connectivity index (χ4n) is 3.08. The molecule has 0 spiro atoms. The molecule has 0 saturated heterocycles. The van der Waals surface area contributed by atoms with Gasteiger partial charge >= 0.3 is 5.97 Å². The highest BCUT2D eigenvalue weighted by atomic mass is 79.9. The smallest absolute Gasteiger partial charge is 0.326 e. The minimum Gasteiger partial charge on any atom is -0.480 e. The number of rotatable bonds is 4. The molecule has 24 heavy (non-hydrogen) atoms. The van der Waals surface area contributed by atoms with E-state index in [0.717, 1.165) is 4.47 Å². The third-order valence-electron chi connectivity index (χ3n) is 4.31. The van der Waals surface area contributed by atoms with Crippen molar-refractivity contribution in [2.45, 2.75) is 16.1 Å². The standard InChI is InChI=1S/C17H12BrNO4S/c18-12-8-6-11(7-9-12)14-15(17(14,10-19)16(20)21)24(22,23)13-4-2-1-3-5-13/h1-9,14-15H,(H,20,21)/t14-,15-,17+/m1/s1. The Kier molecular flexibility index (Phi) is 3.98. The summed E-state index contributed by atoms with van der Waals surface area (Å²) in [4.78, 5) is 11.8. The molecule has 3 atom stereocenters. The summed E-state index contributed by atoms with van der Waals surface area (Å²) in [6.45, 7) is 0. The summed E-state index contributed by atoms with van der Waals surface area (Å²) in [5, 5.41) is 17.8. The summed E-state index contributed by atoms with van der Waals surface area (Å²) in [7, 11) is -3.95. The van der Waals surface area contributed by atoms with Crippen molar-refractivity contribution in [1.82, 2.24) is 0 Å². The maximum absolute atomic E-state index is 12.9. The summed E-state index contributed by atoms with van der Waals surface area (Å²) in [6, 6.07) is 16.1. The second-order valence-corrected chi connectivity index (χ2v) is 8.58. The van der Waals surface area contributed by atoms with Crippen molar-refractivity contribution < 1.29 is 18.3 Å². The minimum atomic E-state index is -3.95. The Morgan fingerprint density at radius 1 is 1.12 bits per heavy atom. The van der Waals surface area contributed by atoms with E-state index in [9.17, 15) is 23.6 Å². The molecule has 2 aromatic rings. The van der Waals surface area contributed by atoms with Crippen molar-refractivity contribution in [2.75, 3.05) is 0 Å². The number of hydrogen-bond acceptors (Lipinski definition) is 4. The monoisotopic (exact) mass is 405 g/mol. The van der Waals surface area contributed by atoms with E-state index in [1.807, 2.05) is 0 Å². The Balaban J connectivity index is 2.13. The minimum absolute atomic E-state index is 0.0236. The summed E-state index contributed by atoms with van der Waals surface area (Å²) in [5.41, 5.74) is -1.45. The summed E-state index contributed by atoms with van der Waals surface area (Å²) in [6.07, 6.45) is 0. The number of hydrogen-bond donors (Lipinski definition) is 1. The molecule has 0 unspecified atom stereocenters. The van der Waals surface area contributed by atoms with Gasteiger partial charge in [-0.1, -0.05) is 46.3 Å². The maximum Gasteiger partial charge on any atom is 0.326 e. The second kappa shape index (κ2) is 5.72. The molecule has 1 fully saturated rings. The fraction of sp³-hybridized carbons (Fsp3) is 0.176. The van der Waals surface area contributed by atoms with Gasteiger partial charge in [0.15, 0.2) is 15.3 Å². The largest absolute Gasteiger partial charge is 0.480 e. The molecule has 1 aliphatic rings. The fourth-order valence-corrected chi connectivity index (χ4v) is 5.62. The van der Waals surface area contributed by atoms with Crippen LogP contribution in [0, 0.1) is 16.7 Å². The Morgan fingerprint density at radius 3 is 2.21 bits per heavy atom. The van der Waals surface area contributed by atoms with Crippen molar-refractivity contribution in [3.05, 3.63) is 64.6 Å². The van der Waals surface area contributed by atoms with Crippen LogP contribution in [0.15, 0.2) is 64.0 Å². The van der Waals surface area contributed by atoms with E-state index in [1.54, 1.807) is 48.5 Å². The SMILES string of the molecule is N#C[C@]1(C(=O)O)[C@H](c2ccc(Br)cc2)[C@H]1S(=O)(=O)c1ccccc1. The molecule has 0 amide bonds. The van der Waals surface area contributed by atoms with Gasteiger partial charge in [0.25, 0.3) is 0 Å². The molecule has 122 valence electrons. The number of aliphatic carboxylic acids is 1. The summed E-state index contributed by atoms with van der Waals surface area (Å²) in [5.74, 6) is -2.32. The second-order valence-electron chi connectivity index (χ2n) is 5.59. The van der Waals surface area contributed by atoms with Gasteiger partial charge in [-0.15, -0.1) is 0 Å². The number of nitriles is 1. The maximum atomic E-state index is 12.9. The van der Waals surface area contributed by atoms with Crippen LogP contribution >= 0.6 is 15.9 Å². The highest BCUT2D eigenvalue weighted by Crippen LogP contribution is 2.64. The molecule has 3 rings (SSSR count). The Labute approximate surface area is 147 Å². The van der Waals surface area contributed by atoms with Crippen LogP contribution < -0.4 is 0 Å². The molecule has 0 aromatic heterocycles. The lowest BCUT2D eigenvalue weighted by Gasteiger charge is -2.04. The predicted octanol–water partition coefficient (Wildman–Crippen LogP) is 2.98. The molecule has 0 bridgehead atoms. The van der Waals surface area contributed by atoms with E-state index in [1.165, 1.54) is 12.1 Å². The van der Waals surface area contributed by atoms with E-state index >= 15 is 0 Å². The van der Waals surface area contributed by atoms with Gasteiger partial charge in [0, 0.05) is 10.4 Å². The predicted molar refractivity (Wildman–Crippen MR) is 90.0 cm³/mol. The summed E-state index contributed by atoms with van der Waals surface area (Å²) < 4.78 is 26.6. The average molecular weight is 406 g/mol. The lowest BCUT2D eigenvalue weighted by Crippen LogP contribution is -2.22. The highest BCUT2D eigenvalue weighted by molar-refractivity contribution is 9.10. The Bertz CT molecular complexity index is 935. The molecule has 0 aliphatic heterocycles. The first-order valence-electron chi connectivity index (χ1n) is 7.04. The number of benzene rings is 2. The first-order chi connectivity index (χ1) is 11.4. The highest BCUT2D eigenvalue weighted by Gasteiger charge is 2.77. The van der Waals surface area contributed by atoms with E-state index in [0.29, 0.717) is 5.56 Å². The van der Waals surface area contributed by atoms with E-state index in [-0.39, 0.29) is 4.90 Å². The zero-order chi connectivity index (χ0) is 17.5. The number of carbonyl (C=O) groups is 1. The van der Waals surface area contributed by atoms with Crippen molar-refractivity contribution in [2.24, 2.45) is 5.41 Å². The Hall–Kier alpha value is -2.17. The van der Waals surface area contributed by atoms with Crippen LogP contribution in [-0.2, 0) is 14.6 Å². The topological polar surface area (TPSA) is 95.2 Å². The number of carboxylic acids is 1. The molecule has 0 radical (unpaired) electrons. The number of halogens is 1. The van der Waals surface area contributed by atoms with Crippen LogP contribution in [0.2, 0.25) is 0 Å². The number of sulfone groups is 1. The van der Waals surface area contributed by atoms with Crippen molar-refractivity contribution in [1.29, 1.82) is 5.26 Å². The number of carboxylic acid groups (broad SMARTS) is 1. The molecule has 5 nitrogen and oxygen atoms in total. The average Bonchev–Trinajstić information content (AvgIpc) is 3.28. The first kappa shape index (κ1) is 16.7. The van der Waals surface area contributed by atoms with Crippen LogP contribution in [0.5, 0.6) is 0 Å². The Morgan fingerprint density at radius 2 is 1.71 bits per heavy atom. The van der Waals surface area contributed by atoms with Gasteiger partial charge in [-0.05, 0) is 29.8 Å². The molecule has 1 N–H and O–H groups in total. The zero-order valence-corrected chi connectivity index (χ0v) is 14.7. The van der Waals surface area contributed by atoms with Gasteiger partial charge in [0.2, 0.25) is 0 Å². The molecular weight excluding hydrogens is 394 g/mol. The van der Waals surface area contributed by atoms with Gasteiger partial charge in [-0.25, -0.2) is 8.42 Å². The normalized spacial score (nSPS) is 25.7. The van der Waals surface area contributed by atoms with Gasteiger partial charge in [-0.2, -0.15) is 5.26 Å². The van der Waals surface area contributed by atoms with Crippen LogP contribution in [0.4, 0.5) is 0 Å². The lowest BCUT2D eigenvalue weighted by molar-refractivity contribution is -0.141. The molecule has 0 heterocycles. The quantitative estimate of drug-likeness (QED) is 0.843. The van der Waals surface area contributed by atoms with E-state index in [2.05, 4.69) is 15.9 Å². The molecule has 1 aliphatic carbocycles. The number of nitrogens with zero attached hydrogens (tertiary/aromatic N) is 1. The van der Waals surface area contributed by atoms with Crippen LogP contribution in [-0.4, -0.2) is 24.7 Å². The van der Waals surface area contributed by atoms with Crippen molar-refractivity contribution in [3.8, 4) is 6.07 Å². The van der Waals surface area contributed by atoms with Crippen LogP contribution in [0.1, 0.15) is 11.5 Å². The van der Waals surface area contributed by atoms with E-state index in [4.69, 9.17) is 0 Å². The molecular formula is C17H12BrNO4S. The third-order valence-corrected chi connectivity index (χ3v) is 7.08. The van der Waals surface area contributed by atoms with Gasteiger partial charge in [0.05, 0.1) is 11.0 Å². The molecule has 2 aromatic carbocycles. The van der Waals surface area contributed by atoms with Gasteiger partial charge in [-0.3, -0.25) is 4.79 Å². The van der Waals surface area contributed by atoms with Gasteiger partial charge in [0.1, 0.15) is 5.25 Å².